The lowest BCUT2D eigenvalue weighted by atomic mass is 10.2. The summed E-state index contributed by atoms with van der Waals surface area (Å²) in [5.41, 5.74) is -0.465. The van der Waals surface area contributed by atoms with Gasteiger partial charge < -0.3 is 19.1 Å². The van der Waals surface area contributed by atoms with Crippen LogP contribution in [-0.2, 0) is 18.9 Å². The highest BCUT2D eigenvalue weighted by atomic mass is 32.2. The largest absolute Gasteiger partial charge is 0.764 e. The van der Waals surface area contributed by atoms with Gasteiger partial charge in [0, 0.05) is 7.05 Å². The lowest BCUT2D eigenvalue weighted by molar-refractivity contribution is 0.0692. The number of nitrogens with one attached hydrogen (secondary N) is 1. The number of carboxylic acids is 1. The second kappa shape index (κ2) is 11.7. The van der Waals surface area contributed by atoms with E-state index in [1.165, 1.54) is 26.3 Å². The van der Waals surface area contributed by atoms with Crippen LogP contribution in [0, 0.1) is 6.92 Å². The molecule has 1 aromatic heterocycles. The molecule has 3 N–H and O–H groups in total. The molecule has 0 bridgehead atoms. The maximum absolute atomic E-state index is 12.4. The fourth-order valence-corrected chi connectivity index (χ4v) is 3.44. The van der Waals surface area contributed by atoms with E-state index < -0.39 is 41.7 Å². The SMILES string of the molecule is CCO[Si](=O)O.COc1nc(C)nc(N(C)C(=O)NS(=O)(=O)c2ccccc2C(=O)O)n1. The molecule has 0 radical (unpaired) electrons. The summed E-state index contributed by atoms with van der Waals surface area (Å²) in [7, 11) is -4.51. The van der Waals surface area contributed by atoms with Gasteiger partial charge in [-0.15, -0.1) is 0 Å². The monoisotopic (exact) mass is 487 g/mol. The van der Waals surface area contributed by atoms with Crippen molar-refractivity contribution in [2.75, 3.05) is 25.7 Å². The molecule has 1 aromatic carbocycles. The van der Waals surface area contributed by atoms with E-state index in [4.69, 9.17) is 14.6 Å². The van der Waals surface area contributed by atoms with E-state index in [0.29, 0.717) is 6.61 Å². The highest BCUT2D eigenvalue weighted by Gasteiger charge is 2.26. The van der Waals surface area contributed by atoms with Gasteiger partial charge in [-0.3, -0.25) is 9.36 Å². The highest BCUT2D eigenvalue weighted by Crippen LogP contribution is 2.16. The standard InChI is InChI=1S/C14H15N5O6S.C2H6O3Si/c1-8-15-12(17-13(16-8)25-3)19(2)14(22)18-26(23,24)10-7-5-4-6-9(10)11(20)21;1-2-5-6(3)4/h4-7H,1-3H3,(H,18,22)(H,20,21);3H,2H2,1H3. The number of sulfonamides is 1. The summed E-state index contributed by atoms with van der Waals surface area (Å²) >= 11 is 0. The number of hydrogen-bond donors (Lipinski definition) is 3. The topological polar surface area (TPSA) is 198 Å². The molecule has 0 spiro atoms. The number of amides is 2. The minimum Gasteiger partial charge on any atom is -0.511 e. The average molecular weight is 488 g/mol. The molecule has 0 aliphatic heterocycles. The third kappa shape index (κ3) is 7.55. The van der Waals surface area contributed by atoms with Crippen LogP contribution in [0.5, 0.6) is 6.01 Å². The number of urea groups is 1. The first-order chi connectivity index (χ1) is 14.9. The first-order valence-corrected chi connectivity index (χ1v) is 11.4. The van der Waals surface area contributed by atoms with E-state index in [9.17, 15) is 22.5 Å². The number of hydrogen-bond acceptors (Lipinski definition) is 10. The number of rotatable bonds is 7. The molecule has 0 atom stereocenters. The normalized spacial score (nSPS) is 10.2. The quantitative estimate of drug-likeness (QED) is 0.437. The van der Waals surface area contributed by atoms with Crippen LogP contribution in [-0.4, -0.2) is 75.2 Å². The predicted molar refractivity (Wildman–Crippen MR) is 109 cm³/mol. The predicted octanol–water partition coefficient (Wildman–Crippen LogP) is -0.148. The van der Waals surface area contributed by atoms with Crippen molar-refractivity contribution in [3.8, 4) is 6.01 Å². The first kappa shape index (κ1) is 26.4. The number of aromatic nitrogens is 3. The van der Waals surface area contributed by atoms with Crippen LogP contribution in [0.2, 0.25) is 0 Å². The molecule has 1 heterocycles. The number of carbonyl (C=O) groups is 2. The van der Waals surface area contributed by atoms with Gasteiger partial charge >= 0.3 is 27.2 Å². The van der Waals surface area contributed by atoms with Crippen LogP contribution in [0.4, 0.5) is 10.7 Å². The average Bonchev–Trinajstić information content (AvgIpc) is 2.72. The zero-order chi connectivity index (χ0) is 24.5. The summed E-state index contributed by atoms with van der Waals surface area (Å²) in [6.45, 7) is 3.52. The van der Waals surface area contributed by atoms with Crippen molar-refractivity contribution >= 4 is 37.1 Å². The molecule has 32 heavy (non-hydrogen) atoms. The lowest BCUT2D eigenvalue weighted by Gasteiger charge is -2.17. The van der Waals surface area contributed by atoms with Gasteiger partial charge in [-0.05, 0) is 26.0 Å². The number of ether oxygens (including phenoxy) is 1. The zero-order valence-electron chi connectivity index (χ0n) is 17.5. The Hall–Kier alpha value is -3.66. The number of anilines is 1. The van der Waals surface area contributed by atoms with E-state index in [1.807, 2.05) is 0 Å². The number of nitrogens with zero attached hydrogens (tertiary/aromatic N) is 4. The van der Waals surface area contributed by atoms with Gasteiger partial charge in [0.05, 0.1) is 19.3 Å². The summed E-state index contributed by atoms with van der Waals surface area (Å²) in [4.78, 5) is 43.3. The van der Waals surface area contributed by atoms with E-state index in [0.717, 1.165) is 17.0 Å². The summed E-state index contributed by atoms with van der Waals surface area (Å²) in [5, 5.41) is 9.11. The molecule has 0 aliphatic carbocycles. The van der Waals surface area contributed by atoms with Crippen molar-refractivity contribution in [1.29, 1.82) is 0 Å². The Labute approximate surface area is 184 Å². The summed E-state index contributed by atoms with van der Waals surface area (Å²) < 4.78 is 45.1. The van der Waals surface area contributed by atoms with Crippen LogP contribution in [0.25, 0.3) is 0 Å². The van der Waals surface area contributed by atoms with E-state index in [-0.39, 0.29) is 17.8 Å². The van der Waals surface area contributed by atoms with Gasteiger partial charge in [-0.1, -0.05) is 12.1 Å². The van der Waals surface area contributed by atoms with Crippen LogP contribution in [0.15, 0.2) is 29.2 Å². The van der Waals surface area contributed by atoms with E-state index in [2.05, 4.69) is 19.4 Å². The maximum atomic E-state index is 12.4. The fourth-order valence-electron chi connectivity index (χ4n) is 2.02. The summed E-state index contributed by atoms with van der Waals surface area (Å²) in [5.74, 6) is -1.33. The number of carbonyl (C=O) groups excluding carboxylic acids is 1. The molecule has 2 aromatic rings. The van der Waals surface area contributed by atoms with Gasteiger partial charge in [0.15, 0.2) is 0 Å². The van der Waals surface area contributed by atoms with E-state index in [1.54, 1.807) is 18.6 Å². The van der Waals surface area contributed by atoms with Crippen molar-refractivity contribution < 1.29 is 41.5 Å². The van der Waals surface area contributed by atoms with Gasteiger partial charge in [0.25, 0.3) is 10.0 Å². The number of carboxylic acid groups (broad SMARTS) is 1. The Morgan fingerprint density at radius 3 is 2.34 bits per heavy atom. The minimum absolute atomic E-state index is 0.0498. The molecular weight excluding hydrogens is 466 g/mol. The summed E-state index contributed by atoms with van der Waals surface area (Å²) in [6, 6.07) is 3.77. The summed E-state index contributed by atoms with van der Waals surface area (Å²) in [6.07, 6.45) is 0. The molecule has 0 saturated heterocycles. The maximum Gasteiger partial charge on any atom is 0.764 e. The molecule has 0 aliphatic rings. The Bertz CT molecular complexity index is 1100. The zero-order valence-corrected chi connectivity index (χ0v) is 19.3. The second-order valence-electron chi connectivity index (χ2n) is 5.64. The Morgan fingerprint density at radius 2 is 1.84 bits per heavy atom. The number of aryl methyl sites for hydroxylation is 1. The van der Waals surface area contributed by atoms with E-state index >= 15 is 0 Å². The van der Waals surface area contributed by atoms with Crippen molar-refractivity contribution in [2.24, 2.45) is 0 Å². The van der Waals surface area contributed by atoms with Gasteiger partial charge in [-0.25, -0.2) is 22.7 Å². The third-order valence-electron chi connectivity index (χ3n) is 3.40. The van der Waals surface area contributed by atoms with Crippen molar-refractivity contribution in [1.82, 2.24) is 19.7 Å². The highest BCUT2D eigenvalue weighted by molar-refractivity contribution is 7.90. The van der Waals surface area contributed by atoms with Gasteiger partial charge in [0.1, 0.15) is 10.7 Å². The molecule has 0 fully saturated rings. The number of methoxy groups -OCH3 is 1. The molecule has 0 saturated carbocycles. The lowest BCUT2D eigenvalue weighted by Crippen LogP contribution is -2.42. The van der Waals surface area contributed by atoms with Crippen molar-refractivity contribution in [3.63, 3.8) is 0 Å². The third-order valence-corrected chi connectivity index (χ3v) is 5.31. The number of benzene rings is 1. The first-order valence-electron chi connectivity index (χ1n) is 8.68. The molecule has 174 valence electrons. The molecule has 0 unspecified atom stereocenters. The fraction of sp³-hybridized carbons (Fsp3) is 0.312. The minimum atomic E-state index is -4.44. The van der Waals surface area contributed by atoms with Gasteiger partial charge in [-0.2, -0.15) is 15.0 Å². The number of aromatic carboxylic acids is 1. The molecule has 14 nitrogen and oxygen atoms in total. The molecular formula is C16H21N5O9SSi. The van der Waals surface area contributed by atoms with Crippen molar-refractivity contribution in [2.45, 2.75) is 18.7 Å². The molecule has 16 heteroatoms. The Kier molecular flexibility index (Phi) is 9.60. The Morgan fingerprint density at radius 1 is 1.22 bits per heavy atom. The second-order valence-corrected chi connectivity index (χ2v) is 8.11. The van der Waals surface area contributed by atoms with Crippen molar-refractivity contribution in [3.05, 3.63) is 35.7 Å². The van der Waals surface area contributed by atoms with Gasteiger partial charge in [0.2, 0.25) is 5.95 Å². The van der Waals surface area contributed by atoms with Crippen LogP contribution in [0.1, 0.15) is 23.1 Å². The van der Waals surface area contributed by atoms with Crippen LogP contribution >= 0.6 is 0 Å². The smallest absolute Gasteiger partial charge is 0.511 e. The van der Waals surface area contributed by atoms with Crippen LogP contribution in [0.3, 0.4) is 0 Å². The molecule has 2 amide bonds. The molecule has 2 rings (SSSR count). The Balaban J connectivity index is 0.000000751. The van der Waals surface area contributed by atoms with Crippen LogP contribution < -0.4 is 14.4 Å².